The van der Waals surface area contributed by atoms with E-state index in [-0.39, 0.29) is 54.9 Å². The van der Waals surface area contributed by atoms with Gasteiger partial charge in [-0.05, 0) is 69.0 Å². The summed E-state index contributed by atoms with van der Waals surface area (Å²) < 4.78 is 22.2. The number of hydroxylamine groups is 2. The SMILES string of the molecule is CCCCC[C@@H](C(=O)NCNC(=O)c1ccc(-c2ccc(C(=O)N[C@@H](CC(=O)OCCCC)C(=O)OCCCC)c(OCC)c2)o1)[C@@H](CC)N(C=O)OC(=O)c1ccccc1. The van der Waals surface area contributed by atoms with Crippen molar-refractivity contribution in [1.29, 1.82) is 0 Å². The topological polar surface area (TPSA) is 209 Å². The average Bonchev–Trinajstić information content (AvgIpc) is 3.76. The molecule has 0 aliphatic heterocycles. The van der Waals surface area contributed by atoms with Crippen molar-refractivity contribution in [3.63, 3.8) is 0 Å². The minimum absolute atomic E-state index is 0.0647. The summed E-state index contributed by atoms with van der Waals surface area (Å²) in [6, 6.07) is 13.8. The van der Waals surface area contributed by atoms with E-state index in [1.807, 2.05) is 20.8 Å². The van der Waals surface area contributed by atoms with Crippen LogP contribution in [-0.2, 0) is 33.5 Å². The zero-order valence-electron chi connectivity index (χ0n) is 35.8. The van der Waals surface area contributed by atoms with Gasteiger partial charge >= 0.3 is 17.9 Å². The van der Waals surface area contributed by atoms with Crippen LogP contribution in [0.15, 0.2) is 65.1 Å². The monoisotopic (exact) mass is 848 g/mol. The second-order valence-electron chi connectivity index (χ2n) is 14.1. The average molecular weight is 849 g/mol. The van der Waals surface area contributed by atoms with E-state index in [1.54, 1.807) is 62.4 Å². The molecule has 0 aliphatic rings. The number of hydrogen-bond acceptors (Lipinski definition) is 12. The maximum absolute atomic E-state index is 13.6. The van der Waals surface area contributed by atoms with Crippen molar-refractivity contribution >= 4 is 42.0 Å². The third-order valence-corrected chi connectivity index (χ3v) is 9.58. The molecular weight excluding hydrogens is 789 g/mol. The Morgan fingerprint density at radius 1 is 0.787 bits per heavy atom. The predicted molar refractivity (Wildman–Crippen MR) is 225 cm³/mol. The summed E-state index contributed by atoms with van der Waals surface area (Å²) in [6.07, 6.45) is 6.02. The lowest BCUT2D eigenvalue weighted by Crippen LogP contribution is -2.49. The molecule has 16 nitrogen and oxygen atoms in total. The van der Waals surface area contributed by atoms with Crippen LogP contribution in [0.25, 0.3) is 11.3 Å². The summed E-state index contributed by atoms with van der Waals surface area (Å²) in [4.78, 5) is 96.0. The number of benzene rings is 2. The van der Waals surface area contributed by atoms with Gasteiger partial charge in [-0.2, -0.15) is 5.06 Å². The minimum atomic E-state index is -1.29. The number of ether oxygens (including phenoxy) is 3. The number of furan rings is 1. The van der Waals surface area contributed by atoms with Crippen molar-refractivity contribution in [1.82, 2.24) is 21.0 Å². The molecule has 0 aliphatic carbocycles. The molecule has 332 valence electrons. The molecule has 0 fully saturated rings. The first-order valence-corrected chi connectivity index (χ1v) is 21.1. The second-order valence-corrected chi connectivity index (χ2v) is 14.1. The Morgan fingerprint density at radius 3 is 2.15 bits per heavy atom. The highest BCUT2D eigenvalue weighted by atomic mass is 16.7. The molecule has 0 saturated carbocycles. The largest absolute Gasteiger partial charge is 0.493 e. The van der Waals surface area contributed by atoms with Crippen molar-refractivity contribution < 1.29 is 57.0 Å². The Kier molecular flexibility index (Phi) is 21.6. The number of esters is 2. The van der Waals surface area contributed by atoms with Crippen molar-refractivity contribution in [3.8, 4) is 17.1 Å². The quantitative estimate of drug-likeness (QED) is 0.0234. The van der Waals surface area contributed by atoms with E-state index < -0.39 is 60.1 Å². The lowest BCUT2D eigenvalue weighted by atomic mass is 9.90. The standard InChI is InChI=1S/C45H60N4O12/c1-6-11-15-20-33(36(9-4)49(30-50)61-44(55)31-18-16-14-17-19-31)41(52)46-29-47-43(54)38-24-23-37(60-38)32-21-22-34(39(27-32)57-10-5)42(53)48-35(45(56)59-26-13-8-3)28-40(51)58-25-12-7-2/h14,16-19,21-24,27,30,33,35-36H,6-13,15,20,25-26,28-29H2,1-5H3,(H,46,52)(H,47,54)(H,48,53)/t33-,35+,36-/m1/s1. The fourth-order valence-electron chi connectivity index (χ4n) is 6.23. The van der Waals surface area contributed by atoms with Crippen LogP contribution in [0.5, 0.6) is 5.75 Å². The number of rotatable bonds is 28. The molecule has 16 heteroatoms. The minimum Gasteiger partial charge on any atom is -0.493 e. The van der Waals surface area contributed by atoms with Gasteiger partial charge in [-0.3, -0.25) is 24.0 Å². The first-order chi connectivity index (χ1) is 29.5. The Bertz CT molecular complexity index is 1880. The summed E-state index contributed by atoms with van der Waals surface area (Å²) >= 11 is 0. The summed E-state index contributed by atoms with van der Waals surface area (Å²) in [5.74, 6) is -4.26. The molecule has 3 N–H and O–H groups in total. The molecular formula is C45H60N4O12. The molecule has 3 atom stereocenters. The Balaban J connectivity index is 1.70. The van der Waals surface area contributed by atoms with Gasteiger partial charge < -0.3 is 39.4 Å². The van der Waals surface area contributed by atoms with E-state index in [4.69, 9.17) is 23.5 Å². The van der Waals surface area contributed by atoms with Crippen LogP contribution in [0.2, 0.25) is 0 Å². The molecule has 3 rings (SSSR count). The highest BCUT2D eigenvalue weighted by Gasteiger charge is 2.34. The third kappa shape index (κ3) is 15.7. The van der Waals surface area contributed by atoms with Crippen LogP contribution in [0.4, 0.5) is 0 Å². The molecule has 61 heavy (non-hydrogen) atoms. The number of carbonyl (C=O) groups excluding carboxylic acids is 7. The highest BCUT2D eigenvalue weighted by Crippen LogP contribution is 2.29. The van der Waals surface area contributed by atoms with E-state index in [0.29, 0.717) is 44.1 Å². The van der Waals surface area contributed by atoms with Crippen LogP contribution in [-0.4, -0.2) is 85.7 Å². The Labute approximate surface area is 357 Å². The molecule has 1 aromatic heterocycles. The predicted octanol–water partition coefficient (Wildman–Crippen LogP) is 6.53. The van der Waals surface area contributed by atoms with Gasteiger partial charge in [0.05, 0.1) is 56.0 Å². The highest BCUT2D eigenvalue weighted by molar-refractivity contribution is 6.00. The van der Waals surface area contributed by atoms with Gasteiger partial charge in [-0.1, -0.05) is 84.1 Å². The Hall–Kier alpha value is -6.19. The summed E-state index contributed by atoms with van der Waals surface area (Å²) in [7, 11) is 0. The maximum Gasteiger partial charge on any atom is 0.363 e. The van der Waals surface area contributed by atoms with Crippen LogP contribution < -0.4 is 20.7 Å². The first kappa shape index (κ1) is 49.2. The zero-order chi connectivity index (χ0) is 44.6. The van der Waals surface area contributed by atoms with Gasteiger partial charge in [-0.25, -0.2) is 9.59 Å². The van der Waals surface area contributed by atoms with Crippen molar-refractivity contribution in [3.05, 3.63) is 77.6 Å². The molecule has 4 amide bonds. The number of hydrogen-bond donors (Lipinski definition) is 3. The first-order valence-electron chi connectivity index (χ1n) is 21.1. The fraction of sp³-hybridized carbons (Fsp3) is 0.489. The zero-order valence-corrected chi connectivity index (χ0v) is 35.8. The smallest absolute Gasteiger partial charge is 0.363 e. The maximum atomic E-state index is 13.6. The van der Waals surface area contributed by atoms with Gasteiger partial charge in [0, 0.05) is 5.56 Å². The van der Waals surface area contributed by atoms with Gasteiger partial charge in [0.2, 0.25) is 12.3 Å². The summed E-state index contributed by atoms with van der Waals surface area (Å²) in [5, 5.41) is 8.82. The number of nitrogens with one attached hydrogen (secondary N) is 3. The van der Waals surface area contributed by atoms with E-state index in [1.165, 1.54) is 12.1 Å². The summed E-state index contributed by atoms with van der Waals surface area (Å²) in [5.41, 5.74) is 0.802. The van der Waals surface area contributed by atoms with Crippen molar-refractivity contribution in [2.24, 2.45) is 5.92 Å². The molecule has 0 saturated heterocycles. The van der Waals surface area contributed by atoms with E-state index in [0.717, 1.165) is 30.7 Å². The van der Waals surface area contributed by atoms with Crippen molar-refractivity contribution in [2.45, 2.75) is 111 Å². The van der Waals surface area contributed by atoms with Crippen molar-refractivity contribution in [2.75, 3.05) is 26.5 Å². The second kappa shape index (κ2) is 26.8. The number of nitrogens with zero attached hydrogens (tertiary/aromatic N) is 1. The van der Waals surface area contributed by atoms with Crippen LogP contribution >= 0.6 is 0 Å². The van der Waals surface area contributed by atoms with Gasteiger partial charge in [0.25, 0.3) is 11.8 Å². The Morgan fingerprint density at radius 2 is 1.49 bits per heavy atom. The molecule has 0 bridgehead atoms. The van der Waals surface area contributed by atoms with Gasteiger partial charge in [-0.15, -0.1) is 0 Å². The van der Waals surface area contributed by atoms with E-state index >= 15 is 0 Å². The third-order valence-electron chi connectivity index (χ3n) is 9.58. The number of amides is 4. The molecule has 0 spiro atoms. The number of carbonyl (C=O) groups is 7. The normalized spacial score (nSPS) is 12.2. The molecule has 0 radical (unpaired) electrons. The molecule has 0 unspecified atom stereocenters. The lowest BCUT2D eigenvalue weighted by Gasteiger charge is -2.31. The van der Waals surface area contributed by atoms with Crippen LogP contribution in [0.3, 0.4) is 0 Å². The van der Waals surface area contributed by atoms with E-state index in [9.17, 15) is 33.6 Å². The fourth-order valence-corrected chi connectivity index (χ4v) is 6.23. The van der Waals surface area contributed by atoms with Crippen LogP contribution in [0.1, 0.15) is 130 Å². The van der Waals surface area contributed by atoms with Gasteiger partial charge in [0.1, 0.15) is 17.6 Å². The lowest BCUT2D eigenvalue weighted by molar-refractivity contribution is -0.171. The molecule has 3 aromatic rings. The molecule has 2 aromatic carbocycles. The van der Waals surface area contributed by atoms with E-state index in [2.05, 4.69) is 16.0 Å². The molecule has 1 heterocycles. The number of unbranched alkanes of at least 4 members (excludes halogenated alkanes) is 4. The summed E-state index contributed by atoms with van der Waals surface area (Å²) in [6.45, 7) is 9.70. The van der Waals surface area contributed by atoms with Crippen LogP contribution in [0, 0.1) is 5.92 Å². The van der Waals surface area contributed by atoms with Gasteiger partial charge in [0.15, 0.2) is 5.76 Å².